The van der Waals surface area contributed by atoms with Crippen molar-refractivity contribution in [2.75, 3.05) is 0 Å². The van der Waals surface area contributed by atoms with Gasteiger partial charge >= 0.3 is 10.0 Å². The maximum absolute atomic E-state index is 12.8. The number of amidine groups is 1. The topological polar surface area (TPSA) is 74.1 Å². The van der Waals surface area contributed by atoms with Crippen molar-refractivity contribution in [1.29, 1.82) is 0 Å². The van der Waals surface area contributed by atoms with Crippen LogP contribution in [0.1, 0.15) is 11.1 Å². The van der Waals surface area contributed by atoms with Crippen LogP contribution in [-0.2, 0) is 10.0 Å². The highest BCUT2D eigenvalue weighted by Crippen LogP contribution is 2.06. The van der Waals surface area contributed by atoms with Crippen LogP contribution in [0.2, 0.25) is 0 Å². The Morgan fingerprint density at radius 2 is 1.60 bits per heavy atom. The molecule has 0 aliphatic heterocycles. The molecule has 4 nitrogen and oxygen atoms in total. The first-order valence-corrected chi connectivity index (χ1v) is 7.35. The monoisotopic (exact) mass is 293 g/mol. The predicted octanol–water partition coefficient (Wildman–Crippen LogP) is 0.309. The van der Waals surface area contributed by atoms with E-state index in [2.05, 4.69) is 4.40 Å². The van der Waals surface area contributed by atoms with Crippen LogP contribution >= 0.6 is 0 Å². The minimum atomic E-state index is -3.74. The largest absolute Gasteiger partial charge is 0.328 e. The van der Waals surface area contributed by atoms with Crippen LogP contribution in [0.25, 0.3) is 0 Å². The van der Waals surface area contributed by atoms with E-state index in [4.69, 9.17) is 5.73 Å². The molecule has 2 aromatic carbocycles. The highest BCUT2D eigenvalue weighted by molar-refractivity contribution is 7.84. The molecular formula is C14H14FN2O2S+. The Bertz CT molecular complexity index is 736. The lowest BCUT2D eigenvalue weighted by atomic mass is 10.2. The number of aryl methyl sites for hydroxylation is 1. The summed E-state index contributed by atoms with van der Waals surface area (Å²) in [5.41, 5.74) is 7.06. The number of nitrogens with one attached hydrogen (secondary N) is 1. The van der Waals surface area contributed by atoms with Crippen LogP contribution in [0.3, 0.4) is 0 Å². The molecule has 104 valence electrons. The summed E-state index contributed by atoms with van der Waals surface area (Å²) in [6, 6.07) is 11.6. The van der Waals surface area contributed by atoms with Gasteiger partial charge in [-0.05, 0) is 43.3 Å². The van der Waals surface area contributed by atoms with Crippen molar-refractivity contribution in [3.05, 3.63) is 65.5 Å². The highest BCUT2D eigenvalue weighted by atomic mass is 32.2. The first-order valence-electron chi connectivity index (χ1n) is 5.86. The first kappa shape index (κ1) is 14.2. The molecule has 0 aromatic heterocycles. The molecular weight excluding hydrogens is 279 g/mol. The van der Waals surface area contributed by atoms with E-state index in [1.165, 1.54) is 36.4 Å². The van der Waals surface area contributed by atoms with Crippen molar-refractivity contribution in [3.63, 3.8) is 0 Å². The molecule has 0 saturated heterocycles. The van der Waals surface area contributed by atoms with E-state index in [0.29, 0.717) is 5.56 Å². The second-order valence-electron chi connectivity index (χ2n) is 4.34. The Morgan fingerprint density at radius 1 is 1.05 bits per heavy atom. The Morgan fingerprint density at radius 3 is 2.15 bits per heavy atom. The van der Waals surface area contributed by atoms with E-state index in [1.54, 1.807) is 12.1 Å². The average molecular weight is 293 g/mol. The third-order valence-electron chi connectivity index (χ3n) is 2.73. The zero-order chi connectivity index (χ0) is 14.8. The number of halogens is 1. The normalized spacial score (nSPS) is 12.4. The molecule has 0 amide bonds. The molecule has 2 aromatic rings. The van der Waals surface area contributed by atoms with E-state index in [-0.39, 0.29) is 10.7 Å². The molecule has 0 unspecified atom stereocenters. The van der Waals surface area contributed by atoms with Crippen molar-refractivity contribution >= 4 is 15.9 Å². The van der Waals surface area contributed by atoms with Gasteiger partial charge < -0.3 is 0 Å². The van der Waals surface area contributed by atoms with Gasteiger partial charge in [-0.15, -0.1) is 0 Å². The van der Waals surface area contributed by atoms with Gasteiger partial charge in [0.2, 0.25) is 0 Å². The second-order valence-corrected chi connectivity index (χ2v) is 6.02. The van der Waals surface area contributed by atoms with Gasteiger partial charge in [0.1, 0.15) is 10.7 Å². The van der Waals surface area contributed by atoms with E-state index < -0.39 is 15.8 Å². The summed E-state index contributed by atoms with van der Waals surface area (Å²) in [7, 11) is -3.74. The molecule has 20 heavy (non-hydrogen) atoms. The lowest BCUT2D eigenvalue weighted by Gasteiger charge is -1.99. The highest BCUT2D eigenvalue weighted by Gasteiger charge is 2.17. The number of rotatable bonds is 3. The third kappa shape index (κ3) is 3.21. The third-order valence-corrected chi connectivity index (χ3v) is 4.11. The summed E-state index contributed by atoms with van der Waals surface area (Å²) >= 11 is 0. The fraction of sp³-hybridized carbons (Fsp3) is 0.0714. The van der Waals surface area contributed by atoms with E-state index in [1.807, 2.05) is 6.92 Å². The van der Waals surface area contributed by atoms with Gasteiger partial charge in [0.05, 0.1) is 5.56 Å². The molecule has 0 atom stereocenters. The quantitative estimate of drug-likeness (QED) is 0.632. The van der Waals surface area contributed by atoms with Crippen LogP contribution in [0.5, 0.6) is 0 Å². The van der Waals surface area contributed by atoms with Crippen LogP contribution in [0.15, 0.2) is 53.4 Å². The summed E-state index contributed by atoms with van der Waals surface area (Å²) in [5.74, 6) is -0.464. The van der Waals surface area contributed by atoms with Gasteiger partial charge in [0, 0.05) is 0 Å². The molecule has 0 saturated carbocycles. The maximum atomic E-state index is 12.8. The fourth-order valence-corrected chi connectivity index (χ4v) is 2.63. The van der Waals surface area contributed by atoms with Gasteiger partial charge in [0.15, 0.2) is 0 Å². The smallest absolute Gasteiger partial charge is 0.286 e. The number of sulfonamides is 1. The zero-order valence-corrected chi connectivity index (χ0v) is 11.6. The summed E-state index contributed by atoms with van der Waals surface area (Å²) in [6.45, 7) is 1.86. The van der Waals surface area contributed by atoms with Gasteiger partial charge in [-0.1, -0.05) is 17.7 Å². The molecule has 0 aliphatic rings. The van der Waals surface area contributed by atoms with Crippen molar-refractivity contribution < 1.29 is 17.2 Å². The Labute approximate surface area is 116 Å². The van der Waals surface area contributed by atoms with E-state index >= 15 is 0 Å². The molecule has 2 rings (SSSR count). The standard InChI is InChI=1S/C14H13FN2O2S/c1-10-2-8-13(9-3-10)20(18,19)17-14(16)11-4-6-12(15)7-5-11/h2-9H,1H3,(H2,16,17)/p+1. The Hall–Kier alpha value is -2.21. The predicted molar refractivity (Wildman–Crippen MR) is 74.0 cm³/mol. The SMILES string of the molecule is Cc1ccc(S(=O)(=O)[NH+]=C(N)c2ccc(F)cc2)cc1. The molecule has 0 spiro atoms. The maximum Gasteiger partial charge on any atom is 0.328 e. The molecule has 0 fully saturated rings. The minimum absolute atomic E-state index is 0.0504. The summed E-state index contributed by atoms with van der Waals surface area (Å²) < 4.78 is 39.3. The van der Waals surface area contributed by atoms with E-state index in [9.17, 15) is 12.8 Å². The lowest BCUT2D eigenvalue weighted by Crippen LogP contribution is -2.78. The Balaban J connectivity index is 2.37. The number of benzene rings is 2. The van der Waals surface area contributed by atoms with Crippen LogP contribution < -0.4 is 10.1 Å². The zero-order valence-electron chi connectivity index (χ0n) is 10.8. The number of nitrogen functional groups attached to an aromatic ring is 1. The average Bonchev–Trinajstić information content (AvgIpc) is 2.39. The first-order chi connectivity index (χ1) is 9.38. The number of hydrogen-bond acceptors (Lipinski definition) is 2. The summed E-state index contributed by atoms with van der Waals surface area (Å²) in [4.78, 5) is 0.119. The molecule has 0 radical (unpaired) electrons. The van der Waals surface area contributed by atoms with Crippen molar-refractivity contribution in [2.45, 2.75) is 11.8 Å². The minimum Gasteiger partial charge on any atom is -0.286 e. The van der Waals surface area contributed by atoms with E-state index in [0.717, 1.165) is 5.56 Å². The fourth-order valence-electron chi connectivity index (χ4n) is 1.61. The number of nitrogens with two attached hydrogens (primary N) is 1. The van der Waals surface area contributed by atoms with Gasteiger partial charge in [-0.25, -0.2) is 4.39 Å². The van der Waals surface area contributed by atoms with Crippen molar-refractivity contribution in [2.24, 2.45) is 5.73 Å². The van der Waals surface area contributed by atoms with Crippen molar-refractivity contribution in [3.8, 4) is 0 Å². The second kappa shape index (κ2) is 5.42. The van der Waals surface area contributed by atoms with Gasteiger partial charge in [-0.3, -0.25) is 5.73 Å². The van der Waals surface area contributed by atoms with Crippen molar-refractivity contribution in [1.82, 2.24) is 0 Å². The summed E-state index contributed by atoms with van der Waals surface area (Å²) in [5, 5.41) is 0. The number of hydrogen-bond donors (Lipinski definition) is 2. The van der Waals surface area contributed by atoms with Gasteiger partial charge in [0.25, 0.3) is 5.84 Å². The molecule has 3 N–H and O–H groups in total. The Kier molecular flexibility index (Phi) is 3.85. The molecule has 0 aliphatic carbocycles. The van der Waals surface area contributed by atoms with Crippen LogP contribution in [0.4, 0.5) is 4.39 Å². The molecule has 0 heterocycles. The van der Waals surface area contributed by atoms with Crippen LogP contribution in [0, 0.1) is 12.7 Å². The lowest BCUT2D eigenvalue weighted by molar-refractivity contribution is -0.268. The summed E-state index contributed by atoms with van der Waals surface area (Å²) in [6.07, 6.45) is 0. The molecule has 0 bridgehead atoms. The molecule has 6 heteroatoms. The van der Waals surface area contributed by atoms with Crippen LogP contribution in [-0.4, -0.2) is 14.3 Å². The van der Waals surface area contributed by atoms with Gasteiger partial charge in [-0.2, -0.15) is 12.8 Å².